The van der Waals surface area contributed by atoms with Gasteiger partial charge in [-0.1, -0.05) is 6.07 Å². The molecule has 0 fully saturated rings. The number of carbonyl (C=O) groups is 2. The standard InChI is InChI=1S/C13H16F2N2O5S/c1-8(13(19)20)17(7-6-16-9(2)18)23(21,22)12-10(14)4-3-5-11(12)15/h3-5,8H,6-7H2,1-2H3,(H,16,18)(H,19,20). The van der Waals surface area contributed by atoms with Crippen molar-refractivity contribution in [2.75, 3.05) is 13.1 Å². The number of halogens is 2. The lowest BCUT2D eigenvalue weighted by Crippen LogP contribution is -2.47. The molecule has 0 spiro atoms. The SMILES string of the molecule is CC(=O)NCCN(C(C)C(=O)O)S(=O)(=O)c1c(F)cccc1F. The fourth-order valence-electron chi connectivity index (χ4n) is 1.83. The van der Waals surface area contributed by atoms with Gasteiger partial charge < -0.3 is 10.4 Å². The lowest BCUT2D eigenvalue weighted by Gasteiger charge is -2.26. The molecule has 0 bridgehead atoms. The fourth-order valence-corrected chi connectivity index (χ4v) is 3.54. The lowest BCUT2D eigenvalue weighted by molar-refractivity contribution is -0.140. The van der Waals surface area contributed by atoms with E-state index < -0.39 is 51.0 Å². The van der Waals surface area contributed by atoms with Gasteiger partial charge in [0.2, 0.25) is 15.9 Å². The number of hydrogen-bond donors (Lipinski definition) is 2. The number of nitrogens with zero attached hydrogens (tertiary/aromatic N) is 1. The van der Waals surface area contributed by atoms with Crippen LogP contribution in [0.4, 0.5) is 8.78 Å². The average molecular weight is 350 g/mol. The number of hydrogen-bond acceptors (Lipinski definition) is 4. The summed E-state index contributed by atoms with van der Waals surface area (Å²) in [4.78, 5) is 20.7. The predicted molar refractivity (Wildman–Crippen MR) is 76.0 cm³/mol. The topological polar surface area (TPSA) is 104 Å². The van der Waals surface area contributed by atoms with Crippen LogP contribution in [0.1, 0.15) is 13.8 Å². The smallest absolute Gasteiger partial charge is 0.321 e. The lowest BCUT2D eigenvalue weighted by atomic mass is 10.3. The summed E-state index contributed by atoms with van der Waals surface area (Å²) in [6.45, 7) is 1.59. The maximum atomic E-state index is 13.8. The Morgan fingerprint density at radius 3 is 2.26 bits per heavy atom. The number of benzene rings is 1. The minimum absolute atomic E-state index is 0.206. The van der Waals surface area contributed by atoms with Crippen molar-refractivity contribution >= 4 is 21.9 Å². The molecule has 1 amide bonds. The molecule has 0 aliphatic heterocycles. The molecule has 0 aliphatic carbocycles. The third kappa shape index (κ3) is 4.45. The normalized spacial score (nSPS) is 12.9. The van der Waals surface area contributed by atoms with Gasteiger partial charge in [0.1, 0.15) is 17.7 Å². The van der Waals surface area contributed by atoms with Gasteiger partial charge in [0.05, 0.1) is 0 Å². The molecule has 23 heavy (non-hydrogen) atoms. The summed E-state index contributed by atoms with van der Waals surface area (Å²) in [5, 5.41) is 11.3. The van der Waals surface area contributed by atoms with Crippen molar-refractivity contribution in [3.8, 4) is 0 Å². The number of nitrogens with one attached hydrogen (secondary N) is 1. The molecule has 1 atom stereocenters. The third-order valence-electron chi connectivity index (χ3n) is 2.98. The summed E-state index contributed by atoms with van der Waals surface area (Å²) >= 11 is 0. The van der Waals surface area contributed by atoms with E-state index >= 15 is 0 Å². The molecule has 2 N–H and O–H groups in total. The van der Waals surface area contributed by atoms with E-state index in [2.05, 4.69) is 5.32 Å². The van der Waals surface area contributed by atoms with Crippen LogP contribution in [-0.2, 0) is 19.6 Å². The molecular weight excluding hydrogens is 334 g/mol. The van der Waals surface area contributed by atoms with Gasteiger partial charge in [-0.3, -0.25) is 9.59 Å². The van der Waals surface area contributed by atoms with Crippen LogP contribution < -0.4 is 5.32 Å². The van der Waals surface area contributed by atoms with Crippen molar-refractivity contribution in [1.29, 1.82) is 0 Å². The van der Waals surface area contributed by atoms with Gasteiger partial charge in [0.15, 0.2) is 4.90 Å². The number of aliphatic carboxylic acids is 1. The van der Waals surface area contributed by atoms with Crippen LogP contribution in [0.15, 0.2) is 23.1 Å². The molecule has 0 radical (unpaired) electrons. The highest BCUT2D eigenvalue weighted by Crippen LogP contribution is 2.24. The molecule has 128 valence electrons. The van der Waals surface area contributed by atoms with E-state index in [1.807, 2.05) is 0 Å². The highest BCUT2D eigenvalue weighted by atomic mass is 32.2. The second-order valence-corrected chi connectivity index (χ2v) is 6.49. The summed E-state index contributed by atoms with van der Waals surface area (Å²) in [7, 11) is -4.75. The molecule has 0 aromatic heterocycles. The van der Waals surface area contributed by atoms with E-state index in [0.29, 0.717) is 4.31 Å². The number of carbonyl (C=O) groups excluding carboxylic acids is 1. The number of amides is 1. The summed E-state index contributed by atoms with van der Waals surface area (Å²) < 4.78 is 52.9. The Kier molecular flexibility index (Phi) is 6.16. The Bertz CT molecular complexity index is 688. The Morgan fingerprint density at radius 1 is 1.30 bits per heavy atom. The molecule has 10 heteroatoms. The first kappa shape index (κ1) is 19.0. The van der Waals surface area contributed by atoms with Gasteiger partial charge in [0.25, 0.3) is 0 Å². The molecule has 1 aromatic rings. The molecule has 0 saturated carbocycles. The average Bonchev–Trinajstić information content (AvgIpc) is 2.41. The number of carboxylic acid groups (broad SMARTS) is 1. The molecule has 0 heterocycles. The maximum Gasteiger partial charge on any atom is 0.321 e. The first-order valence-electron chi connectivity index (χ1n) is 6.52. The maximum absolute atomic E-state index is 13.8. The van der Waals surface area contributed by atoms with Gasteiger partial charge in [-0.2, -0.15) is 4.31 Å². The highest BCUT2D eigenvalue weighted by molar-refractivity contribution is 7.89. The number of sulfonamides is 1. The van der Waals surface area contributed by atoms with Crippen LogP contribution in [0.3, 0.4) is 0 Å². The zero-order valence-corrected chi connectivity index (χ0v) is 13.2. The Balaban J connectivity index is 3.28. The zero-order chi connectivity index (χ0) is 17.8. The first-order valence-corrected chi connectivity index (χ1v) is 7.96. The second-order valence-electron chi connectivity index (χ2n) is 4.66. The van der Waals surface area contributed by atoms with Crippen LogP contribution in [0.2, 0.25) is 0 Å². The predicted octanol–water partition coefficient (Wildman–Crippen LogP) is 0.565. The zero-order valence-electron chi connectivity index (χ0n) is 12.4. The molecule has 0 aliphatic rings. The molecular formula is C13H16F2N2O5S. The van der Waals surface area contributed by atoms with Crippen LogP contribution in [0, 0.1) is 11.6 Å². The largest absolute Gasteiger partial charge is 0.480 e. The quantitative estimate of drug-likeness (QED) is 0.748. The summed E-state index contributed by atoms with van der Waals surface area (Å²) in [6.07, 6.45) is 0. The van der Waals surface area contributed by atoms with Gasteiger partial charge in [-0.05, 0) is 19.1 Å². The fraction of sp³-hybridized carbons (Fsp3) is 0.385. The van der Waals surface area contributed by atoms with E-state index in [-0.39, 0.29) is 6.54 Å². The molecule has 7 nitrogen and oxygen atoms in total. The van der Waals surface area contributed by atoms with E-state index in [9.17, 15) is 26.8 Å². The van der Waals surface area contributed by atoms with Crippen molar-refractivity contribution in [3.63, 3.8) is 0 Å². The van der Waals surface area contributed by atoms with Gasteiger partial charge in [-0.15, -0.1) is 0 Å². The Labute approximate surface area is 132 Å². The van der Waals surface area contributed by atoms with Gasteiger partial charge in [0, 0.05) is 20.0 Å². The van der Waals surface area contributed by atoms with Crippen LogP contribution in [0.25, 0.3) is 0 Å². The van der Waals surface area contributed by atoms with Gasteiger partial charge >= 0.3 is 5.97 Å². The molecule has 1 aromatic carbocycles. The van der Waals surface area contributed by atoms with Crippen LogP contribution in [-0.4, -0.2) is 48.8 Å². The number of rotatable bonds is 7. The van der Waals surface area contributed by atoms with Crippen molar-refractivity contribution in [3.05, 3.63) is 29.8 Å². The van der Waals surface area contributed by atoms with Crippen LogP contribution >= 0.6 is 0 Å². The number of carboxylic acids is 1. The Hall–Kier alpha value is -2.07. The van der Waals surface area contributed by atoms with E-state index in [0.717, 1.165) is 25.1 Å². The van der Waals surface area contributed by atoms with E-state index in [1.54, 1.807) is 0 Å². The van der Waals surface area contributed by atoms with Crippen molar-refractivity contribution in [2.24, 2.45) is 0 Å². The minimum atomic E-state index is -4.75. The summed E-state index contributed by atoms with van der Waals surface area (Å²) in [6, 6.07) is 0.931. The van der Waals surface area contributed by atoms with Gasteiger partial charge in [-0.25, -0.2) is 17.2 Å². The summed E-state index contributed by atoms with van der Waals surface area (Å²) in [5.41, 5.74) is 0. The van der Waals surface area contributed by atoms with E-state index in [4.69, 9.17) is 5.11 Å². The second kappa shape index (κ2) is 7.47. The Morgan fingerprint density at radius 2 is 1.83 bits per heavy atom. The van der Waals surface area contributed by atoms with Crippen molar-refractivity contribution in [2.45, 2.75) is 24.8 Å². The monoisotopic (exact) mass is 350 g/mol. The first-order chi connectivity index (χ1) is 10.6. The van der Waals surface area contributed by atoms with Crippen molar-refractivity contribution < 1.29 is 31.9 Å². The highest BCUT2D eigenvalue weighted by Gasteiger charge is 2.36. The molecule has 1 rings (SSSR count). The molecule has 1 unspecified atom stereocenters. The summed E-state index contributed by atoms with van der Waals surface area (Å²) in [5.74, 6) is -4.60. The van der Waals surface area contributed by atoms with Crippen molar-refractivity contribution in [1.82, 2.24) is 9.62 Å². The van der Waals surface area contributed by atoms with E-state index in [1.165, 1.54) is 6.92 Å². The van der Waals surface area contributed by atoms with Crippen LogP contribution in [0.5, 0.6) is 0 Å². The molecule has 0 saturated heterocycles. The minimum Gasteiger partial charge on any atom is -0.480 e. The third-order valence-corrected chi connectivity index (χ3v) is 5.00.